The third kappa shape index (κ3) is 6.69. The summed E-state index contributed by atoms with van der Waals surface area (Å²) in [7, 11) is 3.33. The first-order valence-electron chi connectivity index (χ1n) is 6.24. The summed E-state index contributed by atoms with van der Waals surface area (Å²) >= 11 is 1.72. The van der Waals surface area contributed by atoms with Crippen LogP contribution in [0.15, 0.2) is 18.3 Å². The van der Waals surface area contributed by atoms with Gasteiger partial charge in [0.1, 0.15) is 11.9 Å². The molecule has 0 bridgehead atoms. The number of hydrogen-bond acceptors (Lipinski definition) is 7. The minimum atomic E-state index is -0.332. The Bertz CT molecular complexity index is 419. The lowest BCUT2D eigenvalue weighted by Crippen LogP contribution is -2.46. The van der Waals surface area contributed by atoms with E-state index in [0.29, 0.717) is 6.54 Å². The average Bonchev–Trinajstić information content (AvgIpc) is 2.45. The Morgan fingerprint density at radius 3 is 3.05 bits per heavy atom. The van der Waals surface area contributed by atoms with Crippen LogP contribution in [0.25, 0.3) is 0 Å². The largest absolute Gasteiger partial charge is 0.497 e. The maximum absolute atomic E-state index is 10.4. The number of methoxy groups -OCH3 is 1. The van der Waals surface area contributed by atoms with Crippen molar-refractivity contribution in [2.45, 2.75) is 11.9 Å². The van der Waals surface area contributed by atoms with Crippen LogP contribution in [0.1, 0.15) is 5.69 Å². The van der Waals surface area contributed by atoms with Gasteiger partial charge in [0.15, 0.2) is 0 Å². The molecule has 8 heteroatoms. The van der Waals surface area contributed by atoms with E-state index in [9.17, 15) is 10.1 Å². The third-order valence-corrected chi connectivity index (χ3v) is 3.58. The minimum absolute atomic E-state index is 0.126. The minimum Gasteiger partial charge on any atom is -0.497 e. The van der Waals surface area contributed by atoms with Crippen molar-refractivity contribution in [3.8, 4) is 5.75 Å². The summed E-state index contributed by atoms with van der Waals surface area (Å²) in [5.74, 6) is 2.45. The van der Waals surface area contributed by atoms with E-state index < -0.39 is 0 Å². The molecule has 0 spiro atoms. The first-order valence-corrected chi connectivity index (χ1v) is 7.40. The van der Waals surface area contributed by atoms with Crippen LogP contribution in [0.3, 0.4) is 0 Å². The van der Waals surface area contributed by atoms with E-state index in [1.807, 2.05) is 12.1 Å². The van der Waals surface area contributed by atoms with Crippen LogP contribution in [0, 0.1) is 10.1 Å². The van der Waals surface area contributed by atoms with E-state index in [4.69, 9.17) is 4.74 Å². The maximum Gasteiger partial charge on any atom is 0.231 e. The molecule has 1 heterocycles. The summed E-state index contributed by atoms with van der Waals surface area (Å²) in [5.41, 5.74) is 0.963. The molecule has 0 saturated heterocycles. The van der Waals surface area contributed by atoms with E-state index >= 15 is 0 Å². The molecule has 0 fully saturated rings. The van der Waals surface area contributed by atoms with Gasteiger partial charge in [-0.25, -0.2) is 0 Å². The molecule has 2 N–H and O–H groups in total. The lowest BCUT2D eigenvalue weighted by atomic mass is 10.3. The Hall–Kier alpha value is -1.38. The van der Waals surface area contributed by atoms with E-state index in [-0.39, 0.29) is 17.6 Å². The molecule has 7 nitrogen and oxygen atoms in total. The van der Waals surface area contributed by atoms with Crippen LogP contribution in [-0.4, -0.2) is 49.1 Å². The van der Waals surface area contributed by atoms with Crippen LogP contribution >= 0.6 is 11.8 Å². The summed E-state index contributed by atoms with van der Waals surface area (Å²) in [6, 6.07) is 3.72. The summed E-state index contributed by atoms with van der Waals surface area (Å²) in [6.45, 7) is 0.576. The summed E-state index contributed by atoms with van der Waals surface area (Å²) in [6.07, 6.45) is 1.43. The molecule has 0 aliphatic carbocycles. The second-order valence-electron chi connectivity index (χ2n) is 4.05. The molecule has 0 aliphatic heterocycles. The first kappa shape index (κ1) is 16.7. The molecule has 1 rings (SSSR count). The van der Waals surface area contributed by atoms with Gasteiger partial charge >= 0.3 is 0 Å². The molecular weight excluding hydrogens is 280 g/mol. The van der Waals surface area contributed by atoms with Crippen molar-refractivity contribution in [1.82, 2.24) is 15.6 Å². The van der Waals surface area contributed by atoms with Gasteiger partial charge in [-0.1, -0.05) is 0 Å². The van der Waals surface area contributed by atoms with Crippen LogP contribution in [0.5, 0.6) is 5.75 Å². The molecular formula is C12H20N4O3S. The van der Waals surface area contributed by atoms with Crippen molar-refractivity contribution in [2.24, 2.45) is 0 Å². The van der Waals surface area contributed by atoms with Gasteiger partial charge in [0.25, 0.3) is 0 Å². The fraction of sp³-hybridized carbons (Fsp3) is 0.583. The molecule has 0 radical (unpaired) electrons. The highest BCUT2D eigenvalue weighted by Crippen LogP contribution is 2.14. The summed E-state index contributed by atoms with van der Waals surface area (Å²) in [4.78, 5) is 14.3. The highest BCUT2D eigenvalue weighted by Gasteiger charge is 2.11. The van der Waals surface area contributed by atoms with Crippen LogP contribution in [0.2, 0.25) is 0 Å². The fourth-order valence-corrected chi connectivity index (χ4v) is 2.32. The van der Waals surface area contributed by atoms with Crippen LogP contribution in [-0.2, 0) is 5.75 Å². The smallest absolute Gasteiger partial charge is 0.231 e. The zero-order chi connectivity index (χ0) is 14.8. The quantitative estimate of drug-likeness (QED) is 0.285. The van der Waals surface area contributed by atoms with E-state index in [0.717, 1.165) is 22.9 Å². The summed E-state index contributed by atoms with van der Waals surface area (Å²) in [5, 5.41) is 16.4. The SMILES string of the molecule is CNC(C[N+](=O)[O-])NCCSCc1cc(OC)ccn1. The fourth-order valence-electron chi connectivity index (χ4n) is 1.55. The highest BCUT2D eigenvalue weighted by atomic mass is 32.2. The number of nitro groups is 1. The molecule has 0 saturated carbocycles. The van der Waals surface area contributed by atoms with Gasteiger partial charge < -0.3 is 4.74 Å². The number of hydrogen-bond donors (Lipinski definition) is 2. The van der Waals surface area contributed by atoms with Crippen molar-refractivity contribution >= 4 is 11.8 Å². The number of rotatable bonds is 10. The molecule has 20 heavy (non-hydrogen) atoms. The van der Waals surface area contributed by atoms with E-state index in [1.54, 1.807) is 32.1 Å². The lowest BCUT2D eigenvalue weighted by Gasteiger charge is -2.13. The van der Waals surface area contributed by atoms with E-state index in [2.05, 4.69) is 15.6 Å². The molecule has 1 aromatic rings. The Morgan fingerprint density at radius 2 is 2.40 bits per heavy atom. The van der Waals surface area contributed by atoms with Gasteiger partial charge in [0.05, 0.1) is 12.8 Å². The second-order valence-corrected chi connectivity index (χ2v) is 5.16. The molecule has 1 aromatic heterocycles. The van der Waals surface area contributed by atoms with Crippen molar-refractivity contribution in [3.05, 3.63) is 34.1 Å². The molecule has 112 valence electrons. The van der Waals surface area contributed by atoms with Gasteiger partial charge in [-0.2, -0.15) is 11.8 Å². The Balaban J connectivity index is 2.19. The molecule has 0 aliphatic rings. The molecule has 1 atom stereocenters. The summed E-state index contributed by atoms with van der Waals surface area (Å²) < 4.78 is 5.13. The predicted octanol–water partition coefficient (Wildman–Crippen LogP) is 0.735. The van der Waals surface area contributed by atoms with Gasteiger partial charge in [-0.15, -0.1) is 0 Å². The second kappa shape index (κ2) is 9.51. The zero-order valence-electron chi connectivity index (χ0n) is 11.7. The molecule has 1 unspecified atom stereocenters. The van der Waals surface area contributed by atoms with Gasteiger partial charge in [0, 0.05) is 35.2 Å². The monoisotopic (exact) mass is 300 g/mol. The Labute approximate surface area is 122 Å². The Morgan fingerprint density at radius 1 is 1.60 bits per heavy atom. The number of nitrogens with one attached hydrogen (secondary N) is 2. The number of pyridine rings is 1. The molecule has 0 aromatic carbocycles. The van der Waals surface area contributed by atoms with Crippen molar-refractivity contribution in [3.63, 3.8) is 0 Å². The van der Waals surface area contributed by atoms with Crippen LogP contribution < -0.4 is 15.4 Å². The van der Waals surface area contributed by atoms with Gasteiger partial charge in [-0.3, -0.25) is 25.7 Å². The number of likely N-dealkylation sites (N-methyl/N-ethyl adjacent to an activating group) is 1. The highest BCUT2D eigenvalue weighted by molar-refractivity contribution is 7.98. The normalized spacial score (nSPS) is 12.1. The zero-order valence-corrected chi connectivity index (χ0v) is 12.5. The average molecular weight is 300 g/mol. The van der Waals surface area contributed by atoms with E-state index in [1.165, 1.54) is 0 Å². The van der Waals surface area contributed by atoms with Crippen molar-refractivity contribution in [2.75, 3.05) is 33.0 Å². The van der Waals surface area contributed by atoms with Crippen LogP contribution in [0.4, 0.5) is 0 Å². The van der Waals surface area contributed by atoms with Crippen molar-refractivity contribution in [1.29, 1.82) is 0 Å². The third-order valence-electron chi connectivity index (χ3n) is 2.59. The first-order chi connectivity index (χ1) is 9.65. The lowest BCUT2D eigenvalue weighted by molar-refractivity contribution is -0.484. The standard InChI is InChI=1S/C12H20N4O3S/c1-13-12(8-16(17)18)15-5-6-20-9-10-7-11(19-2)3-4-14-10/h3-4,7,12-13,15H,5-6,8-9H2,1-2H3. The predicted molar refractivity (Wildman–Crippen MR) is 79.7 cm³/mol. The number of ether oxygens (including phenoxy) is 1. The van der Waals surface area contributed by atoms with Gasteiger partial charge in [0.2, 0.25) is 6.54 Å². The number of aromatic nitrogens is 1. The molecule has 0 amide bonds. The number of thioether (sulfide) groups is 1. The Kier molecular flexibility index (Phi) is 7.93. The number of nitrogens with zero attached hydrogens (tertiary/aromatic N) is 2. The maximum atomic E-state index is 10.4. The topological polar surface area (TPSA) is 89.3 Å². The van der Waals surface area contributed by atoms with Gasteiger partial charge in [-0.05, 0) is 13.1 Å². The van der Waals surface area contributed by atoms with Crippen molar-refractivity contribution < 1.29 is 9.66 Å².